The van der Waals surface area contributed by atoms with E-state index in [1.807, 2.05) is 12.1 Å². The number of nitrogens with two attached hydrogens (primary N) is 1. The van der Waals surface area contributed by atoms with Gasteiger partial charge in [-0.15, -0.1) is 10.2 Å². The second-order valence-electron chi connectivity index (χ2n) is 16.1. The molecule has 1 saturated heterocycles. The van der Waals surface area contributed by atoms with E-state index in [9.17, 15) is 37.3 Å². The summed E-state index contributed by atoms with van der Waals surface area (Å²) >= 11 is 0. The van der Waals surface area contributed by atoms with E-state index in [4.69, 9.17) is 5.73 Å². The Morgan fingerprint density at radius 1 is 0.636 bits per heavy atom. The summed E-state index contributed by atoms with van der Waals surface area (Å²) in [7, 11) is -4.96. The number of hydrogen-bond donors (Lipinski definition) is 4. The van der Waals surface area contributed by atoms with Crippen LogP contribution in [0.2, 0.25) is 0 Å². The quantitative estimate of drug-likeness (QED) is 0.110. The minimum atomic E-state index is -3.74. The molecule has 1 aliphatic heterocycles. The van der Waals surface area contributed by atoms with Crippen LogP contribution in [0.25, 0.3) is 11.4 Å². The molecule has 2 aromatic heterocycles. The number of aromatic nitrogens is 4. The minimum absolute atomic E-state index is 0. The normalized spacial score (nSPS) is 14.8. The first-order valence-electron chi connectivity index (χ1n) is 20.0. The molecule has 0 aliphatic carbocycles. The first kappa shape index (κ1) is 52.6. The van der Waals surface area contributed by atoms with Crippen LogP contribution in [0.1, 0.15) is 53.4 Å². The van der Waals surface area contributed by atoms with E-state index in [0.717, 1.165) is 37.1 Å². The van der Waals surface area contributed by atoms with Crippen LogP contribution < -0.4 is 40.9 Å². The van der Waals surface area contributed by atoms with Gasteiger partial charge in [-0.3, -0.25) is 0 Å². The molecule has 0 atom stereocenters. The molecule has 20 nitrogen and oxygen atoms in total. The summed E-state index contributed by atoms with van der Waals surface area (Å²) in [4.78, 5) is -0.254. The van der Waals surface area contributed by atoms with Gasteiger partial charge in [0, 0.05) is 28.9 Å². The van der Waals surface area contributed by atoms with E-state index in [0.29, 0.717) is 28.8 Å². The Kier molecular flexibility index (Phi) is 17.1. The van der Waals surface area contributed by atoms with Crippen molar-refractivity contribution in [1.29, 1.82) is 0 Å². The molecule has 6 aromatic rings. The molecule has 5 N–H and O–H groups in total. The van der Waals surface area contributed by atoms with E-state index >= 15 is 0 Å². The summed E-state index contributed by atoms with van der Waals surface area (Å²) in [6.45, 7) is 12.0. The molecule has 346 valence electrons. The standard InChI is InChI=1S/2C17H17N5O4S.C9H20N2.Al/c2*1-11-16(17(24)22(21-11)12-6-4-3-5-7-12)20-19-14-10-13(8-9-15(14)23)27(25,26)18-2;1-8(2)5-7(10)6-9(3,4)11-8;/h2*3-10,18,23-24H,1-2H3;7,11H,5-6,10H2,1-4H3;/q;;;+3/p-3. The number of piperidine rings is 1. The predicted molar refractivity (Wildman–Crippen MR) is 243 cm³/mol. The van der Waals surface area contributed by atoms with Gasteiger partial charge >= 0.3 is 18.8 Å². The average Bonchev–Trinajstić information content (AvgIpc) is 3.70. The molecule has 0 saturated carbocycles. The van der Waals surface area contributed by atoms with Crippen molar-refractivity contribution in [3.63, 3.8) is 0 Å². The van der Waals surface area contributed by atoms with Crippen LogP contribution in [0.15, 0.2) is 127 Å². The molecule has 3 heterocycles. The summed E-state index contributed by atoms with van der Waals surface area (Å²) in [6.07, 6.45) is 2.16. The van der Waals surface area contributed by atoms with Gasteiger partial charge in [-0.1, -0.05) is 60.0 Å². The van der Waals surface area contributed by atoms with Crippen molar-refractivity contribution in [2.24, 2.45) is 26.2 Å². The molecule has 0 amide bonds. The van der Waals surface area contributed by atoms with Gasteiger partial charge in [0.25, 0.3) is 0 Å². The fraction of sp³-hybridized carbons (Fsp3) is 0.302. The first-order valence-corrected chi connectivity index (χ1v) is 23.0. The molecule has 1 fully saturated rings. The van der Waals surface area contributed by atoms with Gasteiger partial charge in [0.2, 0.25) is 20.0 Å². The number of para-hydroxylation sites is 2. The smallest absolute Gasteiger partial charge is 0.871 e. The van der Waals surface area contributed by atoms with Crippen molar-refractivity contribution in [3.8, 4) is 34.6 Å². The molecule has 0 bridgehead atoms. The van der Waals surface area contributed by atoms with Crippen LogP contribution in [0.5, 0.6) is 23.3 Å². The van der Waals surface area contributed by atoms with Gasteiger partial charge in [0.05, 0.1) is 43.9 Å². The van der Waals surface area contributed by atoms with Gasteiger partial charge in [0.15, 0.2) is 0 Å². The maximum absolute atomic E-state index is 12.5. The Balaban J connectivity index is 0.000000284. The number of rotatable bonds is 10. The summed E-state index contributed by atoms with van der Waals surface area (Å²) in [5, 5.41) is 76.1. The van der Waals surface area contributed by atoms with Crippen molar-refractivity contribution < 1.29 is 38.7 Å². The minimum Gasteiger partial charge on any atom is -0.871 e. The summed E-state index contributed by atoms with van der Waals surface area (Å²) < 4.78 is 54.1. The zero-order valence-electron chi connectivity index (χ0n) is 38.5. The van der Waals surface area contributed by atoms with Crippen LogP contribution >= 0.6 is 0 Å². The molecule has 0 unspecified atom stereocenters. The number of aryl methyl sites for hydroxylation is 2. The van der Waals surface area contributed by atoms with Gasteiger partial charge in [0.1, 0.15) is 11.4 Å². The van der Waals surface area contributed by atoms with E-state index < -0.39 is 43.3 Å². The van der Waals surface area contributed by atoms with Gasteiger partial charge < -0.3 is 31.5 Å². The van der Waals surface area contributed by atoms with Gasteiger partial charge in [-0.25, -0.2) is 35.6 Å². The van der Waals surface area contributed by atoms with Gasteiger partial charge in [-0.05, 0) is 117 Å². The third-order valence-corrected chi connectivity index (χ3v) is 12.6. The second-order valence-corrected chi connectivity index (χ2v) is 19.9. The molecule has 0 spiro atoms. The summed E-state index contributed by atoms with van der Waals surface area (Å²) in [5.74, 6) is -2.02. The Labute approximate surface area is 396 Å². The number of benzene rings is 4. The molecule has 1 aliphatic rings. The molecule has 0 radical (unpaired) electrons. The molecular formula is C43H51AlN12O8S2. The van der Waals surface area contributed by atoms with E-state index in [1.54, 1.807) is 62.4 Å². The van der Waals surface area contributed by atoms with Crippen molar-refractivity contribution >= 4 is 60.2 Å². The molecule has 23 heteroatoms. The zero-order valence-corrected chi connectivity index (χ0v) is 40.3. The number of sulfonamides is 2. The Bertz CT molecular complexity index is 2720. The number of nitrogens with zero attached hydrogens (tertiary/aromatic N) is 8. The van der Waals surface area contributed by atoms with Crippen molar-refractivity contribution in [3.05, 3.63) is 108 Å². The van der Waals surface area contributed by atoms with Crippen LogP contribution in [0, 0.1) is 13.8 Å². The summed E-state index contributed by atoms with van der Waals surface area (Å²) in [6, 6.07) is 24.6. The number of nitrogens with one attached hydrogen (secondary N) is 3. The Morgan fingerprint density at radius 2 is 0.985 bits per heavy atom. The topological polar surface area (TPSA) is 308 Å². The summed E-state index contributed by atoms with van der Waals surface area (Å²) in [5.41, 5.74) is 7.72. The van der Waals surface area contributed by atoms with Crippen LogP contribution in [-0.2, 0) is 20.0 Å². The Morgan fingerprint density at radius 3 is 1.30 bits per heavy atom. The monoisotopic (exact) mass is 954 g/mol. The number of azo groups is 2. The van der Waals surface area contributed by atoms with Crippen LogP contribution in [0.4, 0.5) is 22.7 Å². The first-order chi connectivity index (χ1) is 30.5. The Hall–Kier alpha value is -6.03. The van der Waals surface area contributed by atoms with Crippen molar-refractivity contribution in [1.82, 2.24) is 34.3 Å². The SMILES string of the molecule is CC1(C)CC(N)CC(C)(C)N1.CNS(=O)(=O)c1ccc([O-])c(N=Nc2c(C)nn(-c3ccccc3)c2[O-])c1.CNS(=O)(=O)c1ccc([O-])c(N=Nc2c(C)nn(-c3ccccc3)c2[O-])c1.[Al+3].[H+]. The molecular weight excluding hydrogens is 904 g/mol. The number of hydrogen-bond acceptors (Lipinski definition) is 16. The maximum atomic E-state index is 12.5. The third kappa shape index (κ3) is 13.1. The zero-order chi connectivity index (χ0) is 47.9. The fourth-order valence-corrected chi connectivity index (χ4v) is 8.54. The van der Waals surface area contributed by atoms with Crippen LogP contribution in [-0.4, -0.2) is 85.0 Å². The van der Waals surface area contributed by atoms with E-state index in [1.165, 1.54) is 35.6 Å². The fourth-order valence-electron chi connectivity index (χ4n) is 7.04. The van der Waals surface area contributed by atoms with Crippen molar-refractivity contribution in [2.45, 2.75) is 81.3 Å². The molecule has 66 heavy (non-hydrogen) atoms. The van der Waals surface area contributed by atoms with Crippen LogP contribution in [0.3, 0.4) is 0 Å². The maximum Gasteiger partial charge on any atom is 3.00 e. The molecule has 7 rings (SSSR count). The largest absolute Gasteiger partial charge is 3.00 e. The van der Waals surface area contributed by atoms with E-state index in [-0.39, 0.29) is 62.4 Å². The second kappa shape index (κ2) is 21.5. The van der Waals surface area contributed by atoms with E-state index in [2.05, 4.69) is 73.1 Å². The molecule has 4 aromatic carbocycles. The third-order valence-electron chi connectivity index (χ3n) is 9.73. The average molecular weight is 955 g/mol. The van der Waals surface area contributed by atoms with Crippen molar-refractivity contribution in [2.75, 3.05) is 14.1 Å². The van der Waals surface area contributed by atoms with Gasteiger partial charge in [-0.2, -0.15) is 20.4 Å². The predicted octanol–water partition coefficient (Wildman–Crippen LogP) is 4.29.